The summed E-state index contributed by atoms with van der Waals surface area (Å²) in [6, 6.07) is 17.1. The fourth-order valence-electron chi connectivity index (χ4n) is 7.03. The van der Waals surface area contributed by atoms with Gasteiger partial charge < -0.3 is 15.3 Å². The Hall–Kier alpha value is -3.44. The Bertz CT molecular complexity index is 1290. The van der Waals surface area contributed by atoms with Crippen LogP contribution in [0.4, 0.5) is 13.2 Å². The first-order valence-electron chi connectivity index (χ1n) is 15.8. The molecule has 0 spiro atoms. The zero-order chi connectivity index (χ0) is 32.7. The van der Waals surface area contributed by atoms with Crippen LogP contribution in [0.25, 0.3) is 0 Å². The Morgan fingerprint density at radius 1 is 0.911 bits per heavy atom. The van der Waals surface area contributed by atoms with Gasteiger partial charge in [0.25, 0.3) is 5.91 Å². The highest BCUT2D eigenvalue weighted by Crippen LogP contribution is 2.38. The molecule has 0 saturated carbocycles. The number of aliphatic carboxylic acids is 1. The summed E-state index contributed by atoms with van der Waals surface area (Å²) in [5.41, 5.74) is 4.32. The second-order valence-corrected chi connectivity index (χ2v) is 12.6. The SMILES string of the molecule is Cc1cccc(C)c1C(=O)N1CC2CN([C@@H](CCNC(=O)C3CCCCCN3C)c3ccccc3)CC2C1.O=C(O)C(F)(F)F. The second-order valence-electron chi connectivity index (χ2n) is 12.6. The first-order valence-corrected chi connectivity index (χ1v) is 15.8. The fourth-order valence-corrected chi connectivity index (χ4v) is 7.03. The quantitative estimate of drug-likeness (QED) is 0.445. The monoisotopic (exact) mass is 630 g/mol. The van der Waals surface area contributed by atoms with E-state index < -0.39 is 12.1 Å². The lowest BCUT2D eigenvalue weighted by atomic mass is 10.0. The van der Waals surface area contributed by atoms with E-state index in [1.54, 1.807) is 0 Å². The number of aryl methyl sites for hydroxylation is 2. The maximum atomic E-state index is 13.4. The van der Waals surface area contributed by atoms with E-state index in [0.717, 1.165) is 68.7 Å². The number of carbonyl (C=O) groups excluding carboxylic acids is 2. The molecule has 0 aliphatic carbocycles. The molecule has 45 heavy (non-hydrogen) atoms. The van der Waals surface area contributed by atoms with Crippen molar-refractivity contribution >= 4 is 17.8 Å². The number of likely N-dealkylation sites (N-methyl/N-ethyl adjacent to an activating group) is 1. The van der Waals surface area contributed by atoms with Crippen LogP contribution in [-0.4, -0.2) is 96.1 Å². The summed E-state index contributed by atoms with van der Waals surface area (Å²) in [6.07, 6.45) is 0.304. The molecule has 2 aromatic rings. The molecule has 2 aromatic carbocycles. The number of carboxylic acid groups (broad SMARTS) is 1. The minimum absolute atomic E-state index is 0.000716. The van der Waals surface area contributed by atoms with Gasteiger partial charge in [0.2, 0.25) is 5.91 Å². The average Bonchev–Trinajstić information content (AvgIpc) is 3.49. The van der Waals surface area contributed by atoms with Gasteiger partial charge in [0, 0.05) is 44.3 Å². The molecule has 3 unspecified atom stereocenters. The van der Waals surface area contributed by atoms with Crippen molar-refractivity contribution < 1.29 is 32.7 Å². The highest BCUT2D eigenvalue weighted by Gasteiger charge is 2.44. The van der Waals surface area contributed by atoms with Crippen LogP contribution in [0, 0.1) is 25.7 Å². The molecular weight excluding hydrogens is 585 g/mol. The number of alkyl halides is 3. The van der Waals surface area contributed by atoms with Crippen LogP contribution in [0.2, 0.25) is 0 Å². The van der Waals surface area contributed by atoms with E-state index in [0.29, 0.717) is 18.4 Å². The summed E-state index contributed by atoms with van der Waals surface area (Å²) in [4.78, 5) is 42.2. The van der Waals surface area contributed by atoms with E-state index in [1.165, 1.54) is 18.4 Å². The molecule has 0 radical (unpaired) electrons. The molecule has 246 valence electrons. The molecule has 4 atom stereocenters. The maximum Gasteiger partial charge on any atom is 0.490 e. The van der Waals surface area contributed by atoms with Crippen molar-refractivity contribution in [3.63, 3.8) is 0 Å². The molecule has 5 rings (SSSR count). The molecule has 0 aromatic heterocycles. The number of amides is 2. The van der Waals surface area contributed by atoms with Gasteiger partial charge in [-0.25, -0.2) is 4.79 Å². The van der Waals surface area contributed by atoms with Gasteiger partial charge in [0.1, 0.15) is 0 Å². The van der Waals surface area contributed by atoms with Crippen LogP contribution in [0.1, 0.15) is 65.2 Å². The van der Waals surface area contributed by atoms with E-state index in [9.17, 15) is 22.8 Å². The number of likely N-dealkylation sites (tertiary alicyclic amines) is 3. The molecule has 2 N–H and O–H groups in total. The molecule has 3 fully saturated rings. The zero-order valence-corrected chi connectivity index (χ0v) is 26.4. The van der Waals surface area contributed by atoms with Crippen molar-refractivity contribution in [2.75, 3.05) is 46.3 Å². The van der Waals surface area contributed by atoms with Crippen LogP contribution in [0.5, 0.6) is 0 Å². The summed E-state index contributed by atoms with van der Waals surface area (Å²) in [6.45, 7) is 9.43. The third-order valence-electron chi connectivity index (χ3n) is 9.40. The molecule has 11 heteroatoms. The first-order chi connectivity index (χ1) is 21.4. The van der Waals surface area contributed by atoms with Gasteiger partial charge in [-0.1, -0.05) is 61.4 Å². The normalized spacial score (nSPS) is 23.0. The molecule has 3 aliphatic rings. The number of halogens is 3. The topological polar surface area (TPSA) is 93.2 Å². The van der Waals surface area contributed by atoms with Crippen LogP contribution in [0.3, 0.4) is 0 Å². The van der Waals surface area contributed by atoms with Gasteiger partial charge in [-0.05, 0) is 75.2 Å². The first kappa shape index (κ1) is 34.4. The number of benzene rings is 2. The van der Waals surface area contributed by atoms with Gasteiger partial charge >= 0.3 is 12.1 Å². The Labute approximate surface area is 263 Å². The highest BCUT2D eigenvalue weighted by atomic mass is 19.4. The standard InChI is InChI=1S/C32H44N4O2.C2HF3O2/c1-23-11-10-12-24(2)30(23)32(38)36-21-26-19-35(20-27(26)22-36)28(25-13-6-4-7-14-25)16-17-33-31(37)29-15-8-5-9-18-34(29)3;3-2(4,5)1(6)7/h4,6-7,10-14,26-29H,5,8-9,15-22H2,1-3H3,(H,33,37);(H,6,7)/t26?,27?,28-,29?;/m0./s1. The number of hydrogen-bond acceptors (Lipinski definition) is 5. The van der Waals surface area contributed by atoms with Crippen molar-refractivity contribution in [2.45, 2.75) is 64.2 Å². The Balaban J connectivity index is 0.000000591. The largest absolute Gasteiger partial charge is 0.490 e. The lowest BCUT2D eigenvalue weighted by Crippen LogP contribution is -2.45. The van der Waals surface area contributed by atoms with E-state index in [-0.39, 0.29) is 23.9 Å². The average molecular weight is 631 g/mol. The van der Waals surface area contributed by atoms with Crippen LogP contribution in [-0.2, 0) is 9.59 Å². The summed E-state index contributed by atoms with van der Waals surface area (Å²) < 4.78 is 31.7. The molecule has 3 aliphatic heterocycles. The Morgan fingerprint density at radius 2 is 1.51 bits per heavy atom. The predicted molar refractivity (Wildman–Crippen MR) is 166 cm³/mol. The number of carboxylic acids is 1. The number of hydrogen-bond donors (Lipinski definition) is 2. The summed E-state index contributed by atoms with van der Waals surface area (Å²) in [7, 11) is 2.08. The fraction of sp³-hybridized carbons (Fsp3) is 0.559. The molecule has 8 nitrogen and oxygen atoms in total. The van der Waals surface area contributed by atoms with Crippen molar-refractivity contribution in [1.29, 1.82) is 0 Å². The van der Waals surface area contributed by atoms with Crippen molar-refractivity contribution in [3.05, 3.63) is 70.8 Å². The molecule has 2 amide bonds. The van der Waals surface area contributed by atoms with E-state index in [2.05, 4.69) is 57.4 Å². The van der Waals surface area contributed by atoms with Crippen LogP contribution < -0.4 is 5.32 Å². The van der Waals surface area contributed by atoms with Crippen molar-refractivity contribution in [3.8, 4) is 0 Å². The number of rotatable bonds is 7. The van der Waals surface area contributed by atoms with Gasteiger partial charge in [-0.2, -0.15) is 13.2 Å². The maximum absolute atomic E-state index is 13.4. The summed E-state index contributed by atoms with van der Waals surface area (Å²) in [5.74, 6) is -1.38. The minimum Gasteiger partial charge on any atom is -0.475 e. The predicted octanol–water partition coefficient (Wildman–Crippen LogP) is 5.06. The van der Waals surface area contributed by atoms with Crippen LogP contribution in [0.15, 0.2) is 48.5 Å². The summed E-state index contributed by atoms with van der Waals surface area (Å²) in [5, 5.41) is 10.4. The van der Waals surface area contributed by atoms with Crippen molar-refractivity contribution in [2.24, 2.45) is 11.8 Å². The number of nitrogens with one attached hydrogen (secondary N) is 1. The minimum atomic E-state index is -5.08. The van der Waals surface area contributed by atoms with Gasteiger partial charge in [-0.15, -0.1) is 0 Å². The third kappa shape index (κ3) is 8.85. The van der Waals surface area contributed by atoms with Crippen molar-refractivity contribution in [1.82, 2.24) is 20.0 Å². The highest BCUT2D eigenvalue weighted by molar-refractivity contribution is 5.97. The van der Waals surface area contributed by atoms with E-state index in [4.69, 9.17) is 9.90 Å². The molecule has 3 saturated heterocycles. The third-order valence-corrected chi connectivity index (χ3v) is 9.40. The Kier molecular flexibility index (Phi) is 11.7. The van der Waals surface area contributed by atoms with E-state index >= 15 is 0 Å². The number of nitrogens with zero attached hydrogens (tertiary/aromatic N) is 3. The second kappa shape index (κ2) is 15.2. The Morgan fingerprint density at radius 3 is 2.09 bits per heavy atom. The molecule has 0 bridgehead atoms. The van der Waals surface area contributed by atoms with Crippen LogP contribution >= 0.6 is 0 Å². The van der Waals surface area contributed by atoms with Gasteiger partial charge in [0.05, 0.1) is 6.04 Å². The number of carbonyl (C=O) groups is 3. The lowest BCUT2D eigenvalue weighted by Gasteiger charge is -2.31. The van der Waals surface area contributed by atoms with Gasteiger partial charge in [-0.3, -0.25) is 19.4 Å². The number of fused-ring (bicyclic) bond motifs is 1. The molecular formula is C34H45F3N4O4. The summed E-state index contributed by atoms with van der Waals surface area (Å²) >= 11 is 0. The van der Waals surface area contributed by atoms with Gasteiger partial charge in [0.15, 0.2) is 0 Å². The smallest absolute Gasteiger partial charge is 0.475 e. The van der Waals surface area contributed by atoms with E-state index in [1.807, 2.05) is 32.0 Å². The molecule has 3 heterocycles. The lowest BCUT2D eigenvalue weighted by molar-refractivity contribution is -0.192. The zero-order valence-electron chi connectivity index (χ0n) is 26.4.